The summed E-state index contributed by atoms with van der Waals surface area (Å²) in [5, 5.41) is 3.55. The van der Waals surface area contributed by atoms with Crippen molar-refractivity contribution in [3.8, 4) is 0 Å². The molecule has 0 aromatic rings. The maximum atomic E-state index is 12.0. The van der Waals surface area contributed by atoms with Crippen molar-refractivity contribution in [1.29, 1.82) is 0 Å². The van der Waals surface area contributed by atoms with Crippen molar-refractivity contribution in [2.24, 2.45) is 0 Å². The molecule has 1 amide bonds. The first-order valence-electron chi connectivity index (χ1n) is 8.25. The van der Waals surface area contributed by atoms with Crippen molar-refractivity contribution < 1.29 is 9.53 Å². The summed E-state index contributed by atoms with van der Waals surface area (Å²) in [6.45, 7) is 15.6. The second-order valence-corrected chi connectivity index (χ2v) is 6.95. The van der Waals surface area contributed by atoms with E-state index in [1.807, 2.05) is 25.7 Å². The third-order valence-electron chi connectivity index (χ3n) is 3.67. The Morgan fingerprint density at radius 2 is 1.86 bits per heavy atom. The van der Waals surface area contributed by atoms with E-state index in [4.69, 9.17) is 4.74 Å². The fourth-order valence-corrected chi connectivity index (χ4v) is 2.48. The summed E-state index contributed by atoms with van der Waals surface area (Å²) in [6.07, 6.45) is 2.27. The summed E-state index contributed by atoms with van der Waals surface area (Å²) in [6, 6.07) is 0.595. The molecule has 0 aromatic carbocycles. The number of ether oxygens (including phenoxy) is 1. The van der Waals surface area contributed by atoms with E-state index in [1.165, 1.54) is 12.8 Å². The third kappa shape index (κ3) is 7.67. The van der Waals surface area contributed by atoms with Gasteiger partial charge in [-0.1, -0.05) is 13.3 Å². The van der Waals surface area contributed by atoms with Crippen LogP contribution in [0.4, 0.5) is 4.79 Å². The summed E-state index contributed by atoms with van der Waals surface area (Å²) in [5.41, 5.74) is -0.409. The first-order chi connectivity index (χ1) is 9.81. The summed E-state index contributed by atoms with van der Waals surface area (Å²) in [5.74, 6) is 0. The quantitative estimate of drug-likeness (QED) is 0.817. The van der Waals surface area contributed by atoms with Crippen LogP contribution in [0.1, 0.15) is 47.5 Å². The van der Waals surface area contributed by atoms with Crippen LogP contribution in [-0.2, 0) is 4.74 Å². The number of hydrogen-bond donors (Lipinski definition) is 1. The number of nitrogens with zero attached hydrogens (tertiary/aromatic N) is 2. The van der Waals surface area contributed by atoms with Gasteiger partial charge >= 0.3 is 6.09 Å². The topological polar surface area (TPSA) is 44.8 Å². The van der Waals surface area contributed by atoms with Crippen molar-refractivity contribution in [3.63, 3.8) is 0 Å². The first kappa shape index (κ1) is 18.2. The number of carbonyl (C=O) groups is 1. The predicted molar refractivity (Wildman–Crippen MR) is 86.6 cm³/mol. The van der Waals surface area contributed by atoms with E-state index in [-0.39, 0.29) is 6.09 Å². The van der Waals surface area contributed by atoms with Crippen LogP contribution in [-0.4, -0.2) is 66.8 Å². The molecule has 0 aromatic heterocycles. The average Bonchev–Trinajstić information content (AvgIpc) is 2.38. The molecule has 1 rings (SSSR count). The van der Waals surface area contributed by atoms with Crippen molar-refractivity contribution >= 4 is 6.09 Å². The van der Waals surface area contributed by atoms with Gasteiger partial charge in [0.15, 0.2) is 0 Å². The molecule has 1 heterocycles. The number of hydrogen-bond acceptors (Lipinski definition) is 4. The van der Waals surface area contributed by atoms with Crippen LogP contribution in [0, 0.1) is 0 Å². The highest BCUT2D eigenvalue weighted by Gasteiger charge is 2.25. The van der Waals surface area contributed by atoms with E-state index < -0.39 is 5.60 Å². The van der Waals surface area contributed by atoms with Crippen molar-refractivity contribution in [2.75, 3.05) is 39.3 Å². The van der Waals surface area contributed by atoms with E-state index in [0.29, 0.717) is 6.04 Å². The number of carbonyl (C=O) groups excluding carboxylic acids is 1. The zero-order valence-corrected chi connectivity index (χ0v) is 14.4. The van der Waals surface area contributed by atoms with E-state index in [2.05, 4.69) is 24.1 Å². The van der Waals surface area contributed by atoms with Gasteiger partial charge in [0.2, 0.25) is 0 Å². The number of piperazine rings is 1. The lowest BCUT2D eigenvalue weighted by Crippen LogP contribution is -2.51. The van der Waals surface area contributed by atoms with Gasteiger partial charge < -0.3 is 15.0 Å². The van der Waals surface area contributed by atoms with Crippen LogP contribution < -0.4 is 5.32 Å². The second-order valence-electron chi connectivity index (χ2n) is 6.95. The van der Waals surface area contributed by atoms with Gasteiger partial charge in [0.05, 0.1) is 0 Å². The standard InChI is InChI=1S/C16H33N3O2/c1-6-7-14(2)17-8-9-18-10-12-19(13-11-18)15(20)21-16(3,4)5/h14,17H,6-13H2,1-5H3. The lowest BCUT2D eigenvalue weighted by Gasteiger charge is -2.35. The molecule has 1 aliphatic heterocycles. The highest BCUT2D eigenvalue weighted by molar-refractivity contribution is 5.68. The normalized spacial score (nSPS) is 18.6. The Bertz CT molecular complexity index is 307. The molecule has 1 unspecified atom stereocenters. The van der Waals surface area contributed by atoms with Crippen molar-refractivity contribution in [3.05, 3.63) is 0 Å². The Balaban J connectivity index is 2.19. The van der Waals surface area contributed by atoms with Crippen LogP contribution in [0.25, 0.3) is 0 Å². The Labute approximate surface area is 130 Å². The van der Waals surface area contributed by atoms with Gasteiger partial charge in [-0.25, -0.2) is 4.79 Å². The van der Waals surface area contributed by atoms with Gasteiger partial charge in [0.1, 0.15) is 5.60 Å². The van der Waals surface area contributed by atoms with Gasteiger partial charge in [-0.05, 0) is 34.1 Å². The minimum Gasteiger partial charge on any atom is -0.444 e. The van der Waals surface area contributed by atoms with Gasteiger partial charge in [-0.15, -0.1) is 0 Å². The maximum absolute atomic E-state index is 12.0. The van der Waals surface area contributed by atoms with Crippen LogP contribution in [0.15, 0.2) is 0 Å². The molecule has 1 atom stereocenters. The summed E-state index contributed by atoms with van der Waals surface area (Å²) in [4.78, 5) is 16.2. The van der Waals surface area contributed by atoms with Crippen LogP contribution in [0.3, 0.4) is 0 Å². The molecular formula is C16H33N3O2. The number of nitrogens with one attached hydrogen (secondary N) is 1. The van der Waals surface area contributed by atoms with Crippen LogP contribution in [0.2, 0.25) is 0 Å². The minimum absolute atomic E-state index is 0.183. The maximum Gasteiger partial charge on any atom is 0.410 e. The average molecular weight is 299 g/mol. The van der Waals surface area contributed by atoms with Crippen LogP contribution in [0.5, 0.6) is 0 Å². The largest absolute Gasteiger partial charge is 0.444 e. The fraction of sp³-hybridized carbons (Fsp3) is 0.938. The van der Waals surface area contributed by atoms with E-state index >= 15 is 0 Å². The molecule has 0 aliphatic carbocycles. The molecule has 1 saturated heterocycles. The molecule has 5 nitrogen and oxygen atoms in total. The molecule has 21 heavy (non-hydrogen) atoms. The number of amides is 1. The lowest BCUT2D eigenvalue weighted by atomic mass is 10.2. The van der Waals surface area contributed by atoms with Crippen molar-refractivity contribution in [2.45, 2.75) is 59.1 Å². The molecule has 0 saturated carbocycles. The summed E-state index contributed by atoms with van der Waals surface area (Å²) >= 11 is 0. The SMILES string of the molecule is CCCC(C)NCCN1CCN(C(=O)OC(C)(C)C)CC1. The zero-order valence-electron chi connectivity index (χ0n) is 14.4. The lowest BCUT2D eigenvalue weighted by molar-refractivity contribution is 0.0146. The van der Waals surface area contributed by atoms with E-state index in [0.717, 1.165) is 39.3 Å². The number of rotatable bonds is 6. The van der Waals surface area contributed by atoms with Crippen molar-refractivity contribution in [1.82, 2.24) is 15.1 Å². The Morgan fingerprint density at radius 1 is 1.24 bits per heavy atom. The van der Waals surface area contributed by atoms with Gasteiger partial charge in [-0.2, -0.15) is 0 Å². The molecule has 5 heteroatoms. The van der Waals surface area contributed by atoms with Gasteiger partial charge in [0, 0.05) is 45.3 Å². The summed E-state index contributed by atoms with van der Waals surface area (Å²) < 4.78 is 5.41. The third-order valence-corrected chi connectivity index (χ3v) is 3.67. The molecule has 0 spiro atoms. The van der Waals surface area contributed by atoms with Gasteiger partial charge in [0.25, 0.3) is 0 Å². The molecular weight excluding hydrogens is 266 g/mol. The molecule has 124 valence electrons. The highest BCUT2D eigenvalue weighted by atomic mass is 16.6. The fourth-order valence-electron chi connectivity index (χ4n) is 2.48. The molecule has 1 aliphatic rings. The van der Waals surface area contributed by atoms with E-state index in [1.54, 1.807) is 0 Å². The summed E-state index contributed by atoms with van der Waals surface area (Å²) in [7, 11) is 0. The van der Waals surface area contributed by atoms with E-state index in [9.17, 15) is 4.79 Å². The molecule has 0 bridgehead atoms. The smallest absolute Gasteiger partial charge is 0.410 e. The first-order valence-corrected chi connectivity index (χ1v) is 8.25. The predicted octanol–water partition coefficient (Wildman–Crippen LogP) is 2.32. The highest BCUT2D eigenvalue weighted by Crippen LogP contribution is 2.11. The van der Waals surface area contributed by atoms with Crippen LogP contribution >= 0.6 is 0 Å². The Kier molecular flexibility index (Phi) is 7.46. The van der Waals surface area contributed by atoms with Gasteiger partial charge in [-0.3, -0.25) is 4.90 Å². The minimum atomic E-state index is -0.409. The Hall–Kier alpha value is -0.810. The molecule has 1 N–H and O–H groups in total. The second kappa shape index (κ2) is 8.59. The molecule has 1 fully saturated rings. The monoisotopic (exact) mass is 299 g/mol. The zero-order chi connectivity index (χ0) is 15.9. The molecule has 0 radical (unpaired) electrons. The Morgan fingerprint density at radius 3 is 2.38 bits per heavy atom.